The number of ether oxygens (including phenoxy) is 2. The van der Waals surface area contributed by atoms with Gasteiger partial charge in [-0.25, -0.2) is 4.39 Å². The molecule has 1 atom stereocenters. The fourth-order valence-electron chi connectivity index (χ4n) is 1.34. The van der Waals surface area contributed by atoms with Crippen LogP contribution in [0, 0.1) is 11.7 Å². The number of aliphatic hydroxyl groups excluding tert-OH is 1. The maximum absolute atomic E-state index is 13.2. The number of esters is 1. The second-order valence-electron chi connectivity index (χ2n) is 3.47. The van der Waals surface area contributed by atoms with E-state index in [9.17, 15) is 9.18 Å². The quantitative estimate of drug-likeness (QED) is 0.766. The molecular weight excluding hydrogens is 227 g/mol. The van der Waals surface area contributed by atoms with E-state index in [1.165, 1.54) is 19.2 Å². The fraction of sp³-hybridized carbons (Fsp3) is 0.417. The van der Waals surface area contributed by atoms with Crippen molar-refractivity contribution in [3.8, 4) is 5.75 Å². The Kier molecular flexibility index (Phi) is 5.42. The Bertz CT molecular complexity index is 367. The number of carbonyl (C=O) groups excluding carboxylic acids is 1. The van der Waals surface area contributed by atoms with E-state index in [1.807, 2.05) is 0 Å². The molecule has 1 N–H and O–H groups in total. The Morgan fingerprint density at radius 2 is 2.18 bits per heavy atom. The number of hydrogen-bond donors (Lipinski definition) is 1. The Morgan fingerprint density at radius 1 is 1.47 bits per heavy atom. The first-order valence-electron chi connectivity index (χ1n) is 5.25. The van der Waals surface area contributed by atoms with Crippen LogP contribution in [-0.4, -0.2) is 31.4 Å². The van der Waals surface area contributed by atoms with E-state index in [4.69, 9.17) is 9.84 Å². The van der Waals surface area contributed by atoms with Crippen molar-refractivity contribution in [2.45, 2.75) is 6.42 Å². The maximum Gasteiger partial charge on any atom is 0.312 e. The molecule has 0 bridgehead atoms. The van der Waals surface area contributed by atoms with Crippen LogP contribution in [0.5, 0.6) is 5.75 Å². The van der Waals surface area contributed by atoms with E-state index in [1.54, 1.807) is 12.1 Å². The number of para-hydroxylation sites is 1. The van der Waals surface area contributed by atoms with Crippen molar-refractivity contribution in [1.29, 1.82) is 0 Å². The van der Waals surface area contributed by atoms with Gasteiger partial charge in [-0.05, 0) is 18.6 Å². The minimum absolute atomic E-state index is 0.0197. The minimum atomic E-state index is -0.593. The van der Waals surface area contributed by atoms with Gasteiger partial charge in [0.05, 0.1) is 13.0 Å². The Hall–Kier alpha value is -1.62. The average Bonchev–Trinajstić information content (AvgIpc) is 2.35. The molecule has 0 aromatic heterocycles. The summed E-state index contributed by atoms with van der Waals surface area (Å²) < 4.78 is 23.0. The van der Waals surface area contributed by atoms with Crippen LogP contribution in [0.2, 0.25) is 0 Å². The highest BCUT2D eigenvalue weighted by molar-refractivity contribution is 5.72. The van der Waals surface area contributed by atoms with Crippen LogP contribution in [0.1, 0.15) is 6.42 Å². The van der Waals surface area contributed by atoms with Crippen molar-refractivity contribution < 1.29 is 23.8 Å². The van der Waals surface area contributed by atoms with E-state index in [2.05, 4.69) is 4.74 Å². The van der Waals surface area contributed by atoms with Crippen LogP contribution in [0.15, 0.2) is 24.3 Å². The zero-order chi connectivity index (χ0) is 12.7. The van der Waals surface area contributed by atoms with Crippen molar-refractivity contribution in [3.05, 3.63) is 30.1 Å². The summed E-state index contributed by atoms with van der Waals surface area (Å²) in [5, 5.41) is 8.80. The molecule has 0 aliphatic heterocycles. The molecule has 0 fully saturated rings. The molecule has 1 aromatic rings. The number of aliphatic hydroxyl groups is 1. The third-order valence-corrected chi connectivity index (χ3v) is 2.29. The van der Waals surface area contributed by atoms with Crippen molar-refractivity contribution in [1.82, 2.24) is 0 Å². The number of halogens is 1. The molecule has 0 aliphatic rings. The summed E-state index contributed by atoms with van der Waals surface area (Å²) in [5.41, 5.74) is 0. The Balaban J connectivity index is 2.57. The fourth-order valence-corrected chi connectivity index (χ4v) is 1.34. The lowest BCUT2D eigenvalue weighted by atomic mass is 10.1. The van der Waals surface area contributed by atoms with Crippen molar-refractivity contribution >= 4 is 5.97 Å². The van der Waals surface area contributed by atoms with Gasteiger partial charge >= 0.3 is 5.97 Å². The van der Waals surface area contributed by atoms with Gasteiger partial charge in [-0.15, -0.1) is 0 Å². The van der Waals surface area contributed by atoms with Crippen LogP contribution in [0.3, 0.4) is 0 Å². The molecule has 4 nitrogen and oxygen atoms in total. The van der Waals surface area contributed by atoms with Crippen LogP contribution in [0.25, 0.3) is 0 Å². The third-order valence-electron chi connectivity index (χ3n) is 2.29. The lowest BCUT2D eigenvalue weighted by molar-refractivity contribution is -0.147. The SMILES string of the molecule is COC(=O)C(CCO)COc1ccccc1F. The van der Waals surface area contributed by atoms with E-state index >= 15 is 0 Å². The molecule has 1 unspecified atom stereocenters. The zero-order valence-corrected chi connectivity index (χ0v) is 9.56. The van der Waals surface area contributed by atoms with Crippen molar-refractivity contribution in [2.24, 2.45) is 5.92 Å². The molecule has 0 spiro atoms. The molecule has 5 heteroatoms. The van der Waals surface area contributed by atoms with Crippen molar-refractivity contribution in [2.75, 3.05) is 20.3 Å². The van der Waals surface area contributed by atoms with Gasteiger partial charge in [0.25, 0.3) is 0 Å². The highest BCUT2D eigenvalue weighted by Crippen LogP contribution is 2.17. The number of benzene rings is 1. The number of rotatable bonds is 6. The van der Waals surface area contributed by atoms with Gasteiger partial charge in [0, 0.05) is 6.61 Å². The molecule has 1 rings (SSSR count). The first-order chi connectivity index (χ1) is 8.19. The molecule has 0 amide bonds. The van der Waals surface area contributed by atoms with Crippen LogP contribution >= 0.6 is 0 Å². The van der Waals surface area contributed by atoms with E-state index < -0.39 is 17.7 Å². The van der Waals surface area contributed by atoms with Gasteiger partial charge in [0.15, 0.2) is 11.6 Å². The second-order valence-corrected chi connectivity index (χ2v) is 3.47. The number of carbonyl (C=O) groups is 1. The van der Waals surface area contributed by atoms with E-state index in [-0.39, 0.29) is 25.4 Å². The van der Waals surface area contributed by atoms with Gasteiger partial charge in [-0.1, -0.05) is 12.1 Å². The second kappa shape index (κ2) is 6.85. The van der Waals surface area contributed by atoms with Gasteiger partial charge in [-0.3, -0.25) is 4.79 Å². The normalized spacial score (nSPS) is 11.9. The monoisotopic (exact) mass is 242 g/mol. The van der Waals surface area contributed by atoms with Gasteiger partial charge in [0.1, 0.15) is 6.61 Å². The molecule has 0 heterocycles. The van der Waals surface area contributed by atoms with E-state index in [0.717, 1.165) is 0 Å². The Morgan fingerprint density at radius 3 is 2.76 bits per heavy atom. The molecule has 94 valence electrons. The summed E-state index contributed by atoms with van der Waals surface area (Å²) in [4.78, 5) is 11.3. The van der Waals surface area contributed by atoms with Gasteiger partial charge < -0.3 is 14.6 Å². The summed E-state index contributed by atoms with van der Waals surface area (Å²) in [6.45, 7) is -0.172. The molecule has 0 saturated heterocycles. The first kappa shape index (κ1) is 13.4. The first-order valence-corrected chi connectivity index (χ1v) is 5.25. The summed E-state index contributed by atoms with van der Waals surface area (Å²) in [6.07, 6.45) is 0.223. The predicted octanol–water partition coefficient (Wildman–Crippen LogP) is 1.38. The van der Waals surface area contributed by atoms with Crippen LogP contribution in [0.4, 0.5) is 4.39 Å². The smallest absolute Gasteiger partial charge is 0.312 e. The summed E-state index contributed by atoms with van der Waals surface area (Å²) in [6, 6.07) is 5.93. The zero-order valence-electron chi connectivity index (χ0n) is 9.56. The minimum Gasteiger partial charge on any atom is -0.490 e. The molecule has 17 heavy (non-hydrogen) atoms. The molecule has 1 aromatic carbocycles. The third kappa shape index (κ3) is 4.03. The molecular formula is C12H15FO4. The molecule has 0 saturated carbocycles. The summed E-state index contributed by atoms with van der Waals surface area (Å²) >= 11 is 0. The number of hydrogen-bond acceptors (Lipinski definition) is 4. The number of methoxy groups -OCH3 is 1. The highest BCUT2D eigenvalue weighted by atomic mass is 19.1. The standard InChI is InChI=1S/C12H15FO4/c1-16-12(15)9(6-7-14)8-17-11-5-3-2-4-10(11)13/h2-5,9,14H,6-8H2,1H3. The largest absolute Gasteiger partial charge is 0.490 e. The summed E-state index contributed by atoms with van der Waals surface area (Å²) in [7, 11) is 1.26. The highest BCUT2D eigenvalue weighted by Gasteiger charge is 2.20. The molecule has 0 radical (unpaired) electrons. The average molecular weight is 242 g/mol. The lowest BCUT2D eigenvalue weighted by Gasteiger charge is -2.14. The lowest BCUT2D eigenvalue weighted by Crippen LogP contribution is -2.24. The van der Waals surface area contributed by atoms with Crippen LogP contribution < -0.4 is 4.74 Å². The van der Waals surface area contributed by atoms with Crippen molar-refractivity contribution in [3.63, 3.8) is 0 Å². The predicted molar refractivity (Wildman–Crippen MR) is 59.1 cm³/mol. The van der Waals surface area contributed by atoms with Crippen LogP contribution in [-0.2, 0) is 9.53 Å². The van der Waals surface area contributed by atoms with Gasteiger partial charge in [-0.2, -0.15) is 0 Å². The van der Waals surface area contributed by atoms with E-state index in [0.29, 0.717) is 0 Å². The Labute approximate surface area is 99.0 Å². The maximum atomic E-state index is 13.2. The summed E-state index contributed by atoms with van der Waals surface area (Å²) in [5.74, 6) is -1.47. The topological polar surface area (TPSA) is 55.8 Å². The molecule has 0 aliphatic carbocycles. The van der Waals surface area contributed by atoms with Gasteiger partial charge in [0.2, 0.25) is 0 Å².